The molecule has 0 N–H and O–H groups in total. The van der Waals surface area contributed by atoms with Crippen LogP contribution in [-0.2, 0) is 6.54 Å². The normalized spacial score (nSPS) is 17.5. The summed E-state index contributed by atoms with van der Waals surface area (Å²) in [6.07, 6.45) is 0. The number of piperazine rings is 1. The minimum Gasteiger partial charge on any atom is -0.493 e. The number of hydrogen-bond donors (Lipinski definition) is 0. The van der Waals surface area contributed by atoms with Gasteiger partial charge in [-0.3, -0.25) is 4.90 Å². The summed E-state index contributed by atoms with van der Waals surface area (Å²) in [5.41, 5.74) is 1.08. The van der Waals surface area contributed by atoms with Gasteiger partial charge in [-0.05, 0) is 13.1 Å². The van der Waals surface area contributed by atoms with E-state index in [0.717, 1.165) is 44.0 Å². The van der Waals surface area contributed by atoms with Crippen molar-refractivity contribution in [2.75, 3.05) is 47.4 Å². The van der Waals surface area contributed by atoms with E-state index in [4.69, 9.17) is 21.1 Å². The Hall–Kier alpha value is -0.970. The first-order chi connectivity index (χ1) is 9.13. The first-order valence-corrected chi connectivity index (χ1v) is 6.83. The minimum absolute atomic E-state index is 0.682. The van der Waals surface area contributed by atoms with Crippen LogP contribution in [0.2, 0.25) is 5.02 Å². The number of hydrogen-bond acceptors (Lipinski definition) is 4. The molecule has 1 heterocycles. The van der Waals surface area contributed by atoms with Crippen molar-refractivity contribution in [3.8, 4) is 11.5 Å². The monoisotopic (exact) mass is 284 g/mol. The van der Waals surface area contributed by atoms with Gasteiger partial charge in [-0.25, -0.2) is 0 Å². The SMILES string of the molecule is COc1cc(Cl)cc(CN2CCN(C)CC2)c1OC. The lowest BCUT2D eigenvalue weighted by Gasteiger charge is -2.32. The largest absolute Gasteiger partial charge is 0.493 e. The number of rotatable bonds is 4. The molecule has 2 rings (SSSR count). The molecule has 0 amide bonds. The molecule has 0 bridgehead atoms. The molecule has 0 aliphatic carbocycles. The Balaban J connectivity index is 2.17. The van der Waals surface area contributed by atoms with E-state index in [-0.39, 0.29) is 0 Å². The standard InChI is InChI=1S/C14H21ClN2O2/c1-16-4-6-17(7-5-16)10-11-8-12(15)9-13(18-2)14(11)19-3/h8-9H,4-7,10H2,1-3H3. The van der Waals surface area contributed by atoms with Gasteiger partial charge in [-0.2, -0.15) is 0 Å². The van der Waals surface area contributed by atoms with Gasteiger partial charge >= 0.3 is 0 Å². The molecule has 1 aliphatic heterocycles. The first-order valence-electron chi connectivity index (χ1n) is 6.45. The van der Waals surface area contributed by atoms with E-state index in [9.17, 15) is 0 Å². The summed E-state index contributed by atoms with van der Waals surface area (Å²) in [5, 5.41) is 0.682. The molecule has 0 spiro atoms. The van der Waals surface area contributed by atoms with Crippen LogP contribution in [-0.4, -0.2) is 57.2 Å². The average Bonchev–Trinajstić information content (AvgIpc) is 2.40. The molecule has 1 aliphatic rings. The summed E-state index contributed by atoms with van der Waals surface area (Å²) in [6, 6.07) is 3.75. The van der Waals surface area contributed by atoms with Crippen LogP contribution in [0.4, 0.5) is 0 Å². The van der Waals surface area contributed by atoms with Crippen LogP contribution in [0.15, 0.2) is 12.1 Å². The lowest BCUT2D eigenvalue weighted by molar-refractivity contribution is 0.147. The Bertz CT molecular complexity index is 432. The smallest absolute Gasteiger partial charge is 0.165 e. The molecule has 0 aromatic heterocycles. The fourth-order valence-electron chi connectivity index (χ4n) is 2.37. The fourth-order valence-corrected chi connectivity index (χ4v) is 2.60. The molecule has 0 radical (unpaired) electrons. The molecular formula is C14H21ClN2O2. The Morgan fingerprint density at radius 1 is 1.11 bits per heavy atom. The fraction of sp³-hybridized carbons (Fsp3) is 0.571. The van der Waals surface area contributed by atoms with E-state index in [1.54, 1.807) is 20.3 Å². The molecular weight excluding hydrogens is 264 g/mol. The molecule has 1 aromatic carbocycles. The highest BCUT2D eigenvalue weighted by Crippen LogP contribution is 2.35. The van der Waals surface area contributed by atoms with E-state index in [1.807, 2.05) is 6.07 Å². The van der Waals surface area contributed by atoms with E-state index in [0.29, 0.717) is 10.8 Å². The van der Waals surface area contributed by atoms with Crippen molar-refractivity contribution in [1.29, 1.82) is 0 Å². The van der Waals surface area contributed by atoms with Crippen LogP contribution in [0.25, 0.3) is 0 Å². The Kier molecular flexibility index (Phi) is 4.91. The second kappa shape index (κ2) is 6.46. The molecule has 1 aromatic rings. The highest BCUT2D eigenvalue weighted by atomic mass is 35.5. The third-order valence-corrected chi connectivity index (χ3v) is 3.73. The highest BCUT2D eigenvalue weighted by molar-refractivity contribution is 6.30. The van der Waals surface area contributed by atoms with Crippen molar-refractivity contribution >= 4 is 11.6 Å². The van der Waals surface area contributed by atoms with Gasteiger partial charge in [0.2, 0.25) is 0 Å². The van der Waals surface area contributed by atoms with Crippen molar-refractivity contribution in [2.45, 2.75) is 6.54 Å². The maximum atomic E-state index is 6.14. The van der Waals surface area contributed by atoms with Crippen LogP contribution < -0.4 is 9.47 Å². The van der Waals surface area contributed by atoms with E-state index in [2.05, 4.69) is 16.8 Å². The predicted octanol–water partition coefficient (Wildman–Crippen LogP) is 2.10. The zero-order valence-corrected chi connectivity index (χ0v) is 12.5. The van der Waals surface area contributed by atoms with Gasteiger partial charge in [0, 0.05) is 49.4 Å². The maximum absolute atomic E-state index is 6.14. The van der Waals surface area contributed by atoms with Gasteiger partial charge in [0.1, 0.15) is 0 Å². The van der Waals surface area contributed by atoms with E-state index in [1.165, 1.54) is 0 Å². The summed E-state index contributed by atoms with van der Waals surface area (Å²) >= 11 is 6.14. The van der Waals surface area contributed by atoms with Gasteiger partial charge in [0.25, 0.3) is 0 Å². The lowest BCUT2D eigenvalue weighted by Crippen LogP contribution is -2.43. The lowest BCUT2D eigenvalue weighted by atomic mass is 10.1. The van der Waals surface area contributed by atoms with E-state index >= 15 is 0 Å². The number of nitrogens with zero attached hydrogens (tertiary/aromatic N) is 2. The van der Waals surface area contributed by atoms with Gasteiger partial charge in [0.05, 0.1) is 14.2 Å². The molecule has 19 heavy (non-hydrogen) atoms. The number of ether oxygens (including phenoxy) is 2. The number of halogens is 1. The third kappa shape index (κ3) is 3.53. The second-order valence-corrected chi connectivity index (χ2v) is 5.32. The Morgan fingerprint density at radius 3 is 2.37 bits per heavy atom. The van der Waals surface area contributed by atoms with Gasteiger partial charge < -0.3 is 14.4 Å². The second-order valence-electron chi connectivity index (χ2n) is 4.88. The van der Waals surface area contributed by atoms with Crippen LogP contribution >= 0.6 is 11.6 Å². The summed E-state index contributed by atoms with van der Waals surface area (Å²) in [7, 11) is 5.45. The molecule has 106 valence electrons. The Labute approximate surface area is 119 Å². The average molecular weight is 285 g/mol. The molecule has 0 saturated carbocycles. The topological polar surface area (TPSA) is 24.9 Å². The van der Waals surface area contributed by atoms with Crippen molar-refractivity contribution in [1.82, 2.24) is 9.80 Å². The van der Waals surface area contributed by atoms with Crippen LogP contribution in [0, 0.1) is 0 Å². The van der Waals surface area contributed by atoms with Gasteiger partial charge in [0.15, 0.2) is 11.5 Å². The minimum atomic E-state index is 0.682. The maximum Gasteiger partial charge on any atom is 0.165 e. The highest BCUT2D eigenvalue weighted by Gasteiger charge is 2.18. The van der Waals surface area contributed by atoms with Crippen molar-refractivity contribution in [3.63, 3.8) is 0 Å². The number of benzene rings is 1. The molecule has 4 nitrogen and oxygen atoms in total. The summed E-state index contributed by atoms with van der Waals surface area (Å²) in [4.78, 5) is 4.75. The van der Waals surface area contributed by atoms with Crippen molar-refractivity contribution < 1.29 is 9.47 Å². The van der Waals surface area contributed by atoms with Crippen molar-refractivity contribution in [2.24, 2.45) is 0 Å². The molecule has 1 fully saturated rings. The van der Waals surface area contributed by atoms with Crippen LogP contribution in [0.3, 0.4) is 0 Å². The van der Waals surface area contributed by atoms with Gasteiger partial charge in [-0.15, -0.1) is 0 Å². The molecule has 5 heteroatoms. The Morgan fingerprint density at radius 2 is 1.79 bits per heavy atom. The third-order valence-electron chi connectivity index (χ3n) is 3.51. The van der Waals surface area contributed by atoms with Crippen LogP contribution in [0.5, 0.6) is 11.5 Å². The number of likely N-dealkylation sites (N-methyl/N-ethyl adjacent to an activating group) is 1. The summed E-state index contributed by atoms with van der Waals surface area (Å²) in [5.74, 6) is 1.48. The first kappa shape index (κ1) is 14.4. The molecule has 1 saturated heterocycles. The summed E-state index contributed by atoms with van der Waals surface area (Å²) in [6.45, 7) is 5.16. The van der Waals surface area contributed by atoms with E-state index < -0.39 is 0 Å². The van der Waals surface area contributed by atoms with Crippen molar-refractivity contribution in [3.05, 3.63) is 22.7 Å². The summed E-state index contributed by atoms with van der Waals surface area (Å²) < 4.78 is 10.8. The molecule has 0 unspecified atom stereocenters. The zero-order valence-electron chi connectivity index (χ0n) is 11.8. The van der Waals surface area contributed by atoms with Gasteiger partial charge in [-0.1, -0.05) is 11.6 Å². The zero-order chi connectivity index (χ0) is 13.8. The molecule has 0 atom stereocenters. The quantitative estimate of drug-likeness (QED) is 0.845. The predicted molar refractivity (Wildman–Crippen MR) is 77.3 cm³/mol. The number of methoxy groups -OCH3 is 2. The van der Waals surface area contributed by atoms with Crippen LogP contribution in [0.1, 0.15) is 5.56 Å².